The number of amides is 1. The molecule has 0 heterocycles. The number of carbonyl (C=O) groups excluding carboxylic acids is 2. The van der Waals surface area contributed by atoms with Gasteiger partial charge in [-0.25, -0.2) is 9.59 Å². The summed E-state index contributed by atoms with van der Waals surface area (Å²) in [5, 5.41) is 2.53. The molecular formula is C17H17NO4. The van der Waals surface area contributed by atoms with Crippen LogP contribution in [-0.4, -0.2) is 25.2 Å². The molecule has 1 atom stereocenters. The summed E-state index contributed by atoms with van der Waals surface area (Å²) in [4.78, 5) is 23.7. The number of nitrogens with one attached hydrogen (secondary N) is 1. The fraction of sp³-hybridized carbons (Fsp3) is 0.176. The third kappa shape index (κ3) is 4.63. The van der Waals surface area contributed by atoms with Gasteiger partial charge >= 0.3 is 12.1 Å². The van der Waals surface area contributed by atoms with Gasteiger partial charge in [0.15, 0.2) is 0 Å². The van der Waals surface area contributed by atoms with Crippen LogP contribution in [0.5, 0.6) is 5.75 Å². The number of hydrogen-bond acceptors (Lipinski definition) is 4. The van der Waals surface area contributed by atoms with Gasteiger partial charge in [0.1, 0.15) is 11.8 Å². The number of hydrogen-bond donors (Lipinski definition) is 1. The first-order chi connectivity index (χ1) is 10.7. The zero-order valence-electron chi connectivity index (χ0n) is 12.2. The predicted octanol–water partition coefficient (Wildman–Crippen LogP) is 2.56. The molecule has 0 radical (unpaired) electrons. The first-order valence-corrected chi connectivity index (χ1v) is 6.84. The molecule has 22 heavy (non-hydrogen) atoms. The van der Waals surface area contributed by atoms with E-state index >= 15 is 0 Å². The summed E-state index contributed by atoms with van der Waals surface area (Å²) in [6, 6.07) is 17.2. The fourth-order valence-electron chi connectivity index (χ4n) is 1.95. The van der Waals surface area contributed by atoms with E-state index in [0.717, 1.165) is 5.56 Å². The van der Waals surface area contributed by atoms with Crippen LogP contribution < -0.4 is 10.1 Å². The SMILES string of the molecule is COC(=O)[C@H](Cc1ccccc1)NC(=O)Oc1ccccc1. The Balaban J connectivity index is 2.00. The molecule has 0 bridgehead atoms. The Bertz CT molecular complexity index is 613. The Hall–Kier alpha value is -2.82. The summed E-state index contributed by atoms with van der Waals surface area (Å²) < 4.78 is 9.85. The third-order valence-corrected chi connectivity index (χ3v) is 3.01. The molecule has 5 heteroatoms. The smallest absolute Gasteiger partial charge is 0.413 e. The van der Waals surface area contributed by atoms with Crippen molar-refractivity contribution in [2.75, 3.05) is 7.11 Å². The second kappa shape index (κ2) is 7.83. The molecule has 0 aliphatic rings. The van der Waals surface area contributed by atoms with Crippen molar-refractivity contribution in [1.29, 1.82) is 0 Å². The maximum atomic E-state index is 11.9. The minimum atomic E-state index is -0.802. The van der Waals surface area contributed by atoms with E-state index in [4.69, 9.17) is 9.47 Å². The van der Waals surface area contributed by atoms with Gasteiger partial charge in [-0.05, 0) is 17.7 Å². The van der Waals surface area contributed by atoms with Crippen LogP contribution >= 0.6 is 0 Å². The molecule has 0 spiro atoms. The van der Waals surface area contributed by atoms with Crippen molar-refractivity contribution in [3.8, 4) is 5.75 Å². The zero-order valence-corrected chi connectivity index (χ0v) is 12.2. The number of rotatable bonds is 5. The average Bonchev–Trinajstić information content (AvgIpc) is 2.55. The van der Waals surface area contributed by atoms with Crippen LogP contribution in [0.4, 0.5) is 4.79 Å². The van der Waals surface area contributed by atoms with Crippen molar-refractivity contribution in [1.82, 2.24) is 5.32 Å². The second-order valence-electron chi connectivity index (χ2n) is 4.61. The fourth-order valence-corrected chi connectivity index (χ4v) is 1.95. The van der Waals surface area contributed by atoms with Crippen LogP contribution in [0.3, 0.4) is 0 Å². The molecule has 2 aromatic carbocycles. The highest BCUT2D eigenvalue weighted by Crippen LogP contribution is 2.09. The molecule has 0 saturated heterocycles. The maximum absolute atomic E-state index is 11.9. The first kappa shape index (κ1) is 15.6. The molecule has 2 rings (SSSR count). The summed E-state index contributed by atoms with van der Waals surface area (Å²) in [5.74, 6) is -0.114. The topological polar surface area (TPSA) is 64.6 Å². The Labute approximate surface area is 128 Å². The summed E-state index contributed by atoms with van der Waals surface area (Å²) in [7, 11) is 1.28. The van der Waals surface area contributed by atoms with E-state index in [1.165, 1.54) is 7.11 Å². The van der Waals surface area contributed by atoms with E-state index < -0.39 is 18.1 Å². The Morgan fingerprint density at radius 2 is 1.59 bits per heavy atom. The summed E-state index contributed by atoms with van der Waals surface area (Å²) in [5.41, 5.74) is 0.915. The van der Waals surface area contributed by atoms with E-state index in [2.05, 4.69) is 5.32 Å². The van der Waals surface area contributed by atoms with Crippen LogP contribution in [-0.2, 0) is 16.0 Å². The molecule has 114 valence electrons. The lowest BCUT2D eigenvalue weighted by molar-refractivity contribution is -0.142. The van der Waals surface area contributed by atoms with Gasteiger partial charge in [-0.15, -0.1) is 0 Å². The highest BCUT2D eigenvalue weighted by atomic mass is 16.6. The monoisotopic (exact) mass is 299 g/mol. The second-order valence-corrected chi connectivity index (χ2v) is 4.61. The molecule has 0 unspecified atom stereocenters. The molecule has 2 aromatic rings. The van der Waals surface area contributed by atoms with Crippen molar-refractivity contribution < 1.29 is 19.1 Å². The molecule has 0 aliphatic carbocycles. The first-order valence-electron chi connectivity index (χ1n) is 6.84. The van der Waals surface area contributed by atoms with Gasteiger partial charge in [-0.2, -0.15) is 0 Å². The molecule has 1 N–H and O–H groups in total. The third-order valence-electron chi connectivity index (χ3n) is 3.01. The molecule has 1 amide bonds. The number of carbonyl (C=O) groups is 2. The van der Waals surface area contributed by atoms with E-state index in [-0.39, 0.29) is 0 Å². The highest BCUT2D eigenvalue weighted by molar-refractivity contribution is 5.82. The van der Waals surface area contributed by atoms with Gasteiger partial charge in [0, 0.05) is 6.42 Å². The number of ether oxygens (including phenoxy) is 2. The van der Waals surface area contributed by atoms with E-state index in [0.29, 0.717) is 12.2 Å². The number of benzene rings is 2. The minimum absolute atomic E-state index is 0.331. The summed E-state index contributed by atoms with van der Waals surface area (Å²) in [6.07, 6.45) is -0.366. The number of methoxy groups -OCH3 is 1. The van der Waals surface area contributed by atoms with Crippen LogP contribution in [0.2, 0.25) is 0 Å². The van der Waals surface area contributed by atoms with Gasteiger partial charge in [0.05, 0.1) is 7.11 Å². The Morgan fingerprint density at radius 3 is 2.18 bits per heavy atom. The van der Waals surface area contributed by atoms with Gasteiger partial charge in [-0.1, -0.05) is 48.5 Å². The Kier molecular flexibility index (Phi) is 5.54. The molecular weight excluding hydrogens is 282 g/mol. The van der Waals surface area contributed by atoms with Gasteiger partial charge < -0.3 is 14.8 Å². The van der Waals surface area contributed by atoms with Crippen molar-refractivity contribution >= 4 is 12.1 Å². The maximum Gasteiger partial charge on any atom is 0.413 e. The van der Waals surface area contributed by atoms with Crippen molar-refractivity contribution in [2.45, 2.75) is 12.5 Å². The van der Waals surface area contributed by atoms with Crippen molar-refractivity contribution in [3.05, 3.63) is 66.2 Å². The van der Waals surface area contributed by atoms with Gasteiger partial charge in [-0.3, -0.25) is 0 Å². The van der Waals surface area contributed by atoms with Crippen molar-refractivity contribution in [3.63, 3.8) is 0 Å². The number of esters is 1. The van der Waals surface area contributed by atoms with Crippen LogP contribution in [0.25, 0.3) is 0 Å². The largest absolute Gasteiger partial charge is 0.467 e. The highest BCUT2D eigenvalue weighted by Gasteiger charge is 2.22. The average molecular weight is 299 g/mol. The van der Waals surface area contributed by atoms with Gasteiger partial charge in [0.2, 0.25) is 0 Å². The summed E-state index contributed by atoms with van der Waals surface area (Å²) in [6.45, 7) is 0. The lowest BCUT2D eigenvalue weighted by atomic mass is 10.1. The standard InChI is InChI=1S/C17H17NO4/c1-21-16(19)15(12-13-8-4-2-5-9-13)18-17(20)22-14-10-6-3-7-11-14/h2-11,15H,12H2,1H3,(H,18,20)/t15-/m0/s1. The predicted molar refractivity (Wildman–Crippen MR) is 81.6 cm³/mol. The van der Waals surface area contributed by atoms with E-state index in [9.17, 15) is 9.59 Å². The minimum Gasteiger partial charge on any atom is -0.467 e. The quantitative estimate of drug-likeness (QED) is 0.862. The van der Waals surface area contributed by atoms with Crippen LogP contribution in [0, 0.1) is 0 Å². The van der Waals surface area contributed by atoms with Crippen LogP contribution in [0.15, 0.2) is 60.7 Å². The normalized spacial score (nSPS) is 11.3. The lowest BCUT2D eigenvalue weighted by Crippen LogP contribution is -2.44. The van der Waals surface area contributed by atoms with E-state index in [1.54, 1.807) is 24.3 Å². The molecule has 5 nitrogen and oxygen atoms in total. The lowest BCUT2D eigenvalue weighted by Gasteiger charge is -2.16. The van der Waals surface area contributed by atoms with Crippen molar-refractivity contribution in [2.24, 2.45) is 0 Å². The zero-order chi connectivity index (χ0) is 15.8. The Morgan fingerprint density at radius 1 is 1.00 bits per heavy atom. The van der Waals surface area contributed by atoms with E-state index in [1.807, 2.05) is 36.4 Å². The molecule has 0 fully saturated rings. The molecule has 0 aromatic heterocycles. The summed E-state index contributed by atoms with van der Waals surface area (Å²) >= 11 is 0. The number of para-hydroxylation sites is 1. The molecule has 0 aliphatic heterocycles. The van der Waals surface area contributed by atoms with Gasteiger partial charge in [0.25, 0.3) is 0 Å². The molecule has 0 saturated carbocycles. The van der Waals surface area contributed by atoms with Crippen LogP contribution in [0.1, 0.15) is 5.56 Å².